The van der Waals surface area contributed by atoms with E-state index in [4.69, 9.17) is 9.47 Å². The molecule has 0 saturated carbocycles. The van der Waals surface area contributed by atoms with Crippen molar-refractivity contribution in [3.63, 3.8) is 0 Å². The van der Waals surface area contributed by atoms with Gasteiger partial charge in [-0.3, -0.25) is 4.79 Å². The lowest BCUT2D eigenvalue weighted by molar-refractivity contribution is -0.123. The third-order valence-corrected chi connectivity index (χ3v) is 4.75. The van der Waals surface area contributed by atoms with Crippen molar-refractivity contribution in [1.82, 2.24) is 0 Å². The maximum atomic E-state index is 12.6. The van der Waals surface area contributed by atoms with Gasteiger partial charge in [0.2, 0.25) is 0 Å². The number of esters is 1. The number of ether oxygens (including phenoxy) is 2. The van der Waals surface area contributed by atoms with Crippen molar-refractivity contribution in [2.24, 2.45) is 0 Å². The van der Waals surface area contributed by atoms with Gasteiger partial charge in [-0.15, -0.1) is 0 Å². The largest absolute Gasteiger partial charge is 0.457 e. The maximum absolute atomic E-state index is 12.6. The highest BCUT2D eigenvalue weighted by Crippen LogP contribution is 2.24. The zero-order chi connectivity index (χ0) is 21.6. The van der Waals surface area contributed by atoms with E-state index in [0.29, 0.717) is 22.7 Å². The first kappa shape index (κ1) is 20.2. The highest BCUT2D eigenvalue weighted by molar-refractivity contribution is 6.04. The van der Waals surface area contributed by atoms with Crippen LogP contribution in [0.15, 0.2) is 97.1 Å². The summed E-state index contributed by atoms with van der Waals surface area (Å²) in [5.74, 6) is 0.171. The summed E-state index contributed by atoms with van der Waals surface area (Å²) in [6.45, 7) is 1.54. The minimum Gasteiger partial charge on any atom is -0.457 e. The summed E-state index contributed by atoms with van der Waals surface area (Å²) in [4.78, 5) is 25.2. The van der Waals surface area contributed by atoms with E-state index in [-0.39, 0.29) is 0 Å². The molecule has 0 bridgehead atoms. The molecule has 4 aromatic carbocycles. The number of para-hydroxylation sites is 1. The van der Waals surface area contributed by atoms with Crippen LogP contribution in [0.1, 0.15) is 17.3 Å². The van der Waals surface area contributed by atoms with Gasteiger partial charge in [-0.2, -0.15) is 0 Å². The van der Waals surface area contributed by atoms with Crippen molar-refractivity contribution in [3.05, 3.63) is 103 Å². The Morgan fingerprint density at radius 3 is 2.29 bits per heavy atom. The molecule has 0 heterocycles. The molecule has 0 aliphatic heterocycles. The smallest absolute Gasteiger partial charge is 0.339 e. The molecular formula is C26H21NO4. The van der Waals surface area contributed by atoms with Gasteiger partial charge in [0.05, 0.1) is 5.56 Å². The molecule has 0 aliphatic carbocycles. The fraction of sp³-hybridized carbons (Fsp3) is 0.0769. The second-order valence-electron chi connectivity index (χ2n) is 7.01. The van der Waals surface area contributed by atoms with Crippen molar-refractivity contribution in [1.29, 1.82) is 0 Å². The van der Waals surface area contributed by atoms with Gasteiger partial charge in [0, 0.05) is 11.1 Å². The van der Waals surface area contributed by atoms with E-state index in [1.807, 2.05) is 72.8 Å². The Morgan fingerprint density at radius 1 is 0.774 bits per heavy atom. The standard InChI is InChI=1S/C26H21NO4/c1-18(25(28)27-24-16-8-10-19-9-5-6-15-23(19)24)30-26(29)20-11-7-14-22(17-20)31-21-12-3-2-4-13-21/h2-18H,1H3,(H,27,28)/t18-/m0/s1. The highest BCUT2D eigenvalue weighted by Gasteiger charge is 2.20. The second-order valence-corrected chi connectivity index (χ2v) is 7.01. The van der Waals surface area contributed by atoms with E-state index in [1.54, 1.807) is 31.2 Å². The fourth-order valence-corrected chi connectivity index (χ4v) is 3.16. The first-order valence-electron chi connectivity index (χ1n) is 9.93. The van der Waals surface area contributed by atoms with Crippen LogP contribution >= 0.6 is 0 Å². The zero-order valence-corrected chi connectivity index (χ0v) is 16.9. The lowest BCUT2D eigenvalue weighted by Crippen LogP contribution is -2.30. The van der Waals surface area contributed by atoms with Crippen molar-refractivity contribution in [3.8, 4) is 11.5 Å². The number of carbonyl (C=O) groups is 2. The first-order chi connectivity index (χ1) is 15.1. The number of benzene rings is 4. The predicted molar refractivity (Wildman–Crippen MR) is 120 cm³/mol. The average molecular weight is 411 g/mol. The minimum absolute atomic E-state index is 0.304. The van der Waals surface area contributed by atoms with Crippen LogP contribution < -0.4 is 10.1 Å². The number of amides is 1. The molecule has 0 unspecified atom stereocenters. The molecule has 154 valence electrons. The molecule has 1 atom stereocenters. The zero-order valence-electron chi connectivity index (χ0n) is 16.9. The molecule has 4 rings (SSSR count). The number of hydrogen-bond acceptors (Lipinski definition) is 4. The fourth-order valence-electron chi connectivity index (χ4n) is 3.16. The summed E-state index contributed by atoms with van der Waals surface area (Å²) in [6, 6.07) is 29.3. The summed E-state index contributed by atoms with van der Waals surface area (Å²) in [5.41, 5.74) is 0.975. The molecule has 0 spiro atoms. The Labute approximate surface area is 180 Å². The first-order valence-corrected chi connectivity index (χ1v) is 9.93. The minimum atomic E-state index is -0.967. The van der Waals surface area contributed by atoms with Gasteiger partial charge >= 0.3 is 5.97 Å². The van der Waals surface area contributed by atoms with Crippen LogP contribution in [0.25, 0.3) is 10.8 Å². The lowest BCUT2D eigenvalue weighted by atomic mass is 10.1. The molecule has 0 radical (unpaired) electrons. The van der Waals surface area contributed by atoms with Gasteiger partial charge in [-0.25, -0.2) is 4.79 Å². The van der Waals surface area contributed by atoms with Crippen molar-refractivity contribution >= 4 is 28.3 Å². The third kappa shape index (κ3) is 4.90. The van der Waals surface area contributed by atoms with E-state index in [2.05, 4.69) is 5.32 Å². The third-order valence-electron chi connectivity index (χ3n) is 4.75. The molecule has 4 aromatic rings. The Morgan fingerprint density at radius 2 is 1.45 bits per heavy atom. The van der Waals surface area contributed by atoms with Gasteiger partial charge in [0.1, 0.15) is 11.5 Å². The van der Waals surface area contributed by atoms with E-state index in [1.165, 1.54) is 0 Å². The van der Waals surface area contributed by atoms with Crippen LogP contribution in [0, 0.1) is 0 Å². The molecule has 0 aromatic heterocycles. The number of hydrogen-bond donors (Lipinski definition) is 1. The van der Waals surface area contributed by atoms with E-state index < -0.39 is 18.0 Å². The van der Waals surface area contributed by atoms with Gasteiger partial charge in [0.15, 0.2) is 6.10 Å². The Hall–Kier alpha value is -4.12. The number of rotatable bonds is 6. The lowest BCUT2D eigenvalue weighted by Gasteiger charge is -2.15. The number of carbonyl (C=O) groups excluding carboxylic acids is 2. The molecule has 0 fully saturated rings. The molecule has 1 amide bonds. The van der Waals surface area contributed by atoms with Gasteiger partial charge in [-0.1, -0.05) is 60.7 Å². The van der Waals surface area contributed by atoms with Crippen LogP contribution in [0.5, 0.6) is 11.5 Å². The number of nitrogens with one attached hydrogen (secondary N) is 1. The van der Waals surface area contributed by atoms with Crippen molar-refractivity contribution in [2.45, 2.75) is 13.0 Å². The van der Waals surface area contributed by atoms with E-state index in [0.717, 1.165) is 10.8 Å². The van der Waals surface area contributed by atoms with E-state index >= 15 is 0 Å². The molecule has 5 nitrogen and oxygen atoms in total. The van der Waals surface area contributed by atoms with Crippen LogP contribution in [0.4, 0.5) is 5.69 Å². The summed E-state index contributed by atoms with van der Waals surface area (Å²) < 4.78 is 11.1. The summed E-state index contributed by atoms with van der Waals surface area (Å²) in [5, 5.41) is 4.78. The molecule has 5 heteroatoms. The van der Waals surface area contributed by atoms with Gasteiger partial charge < -0.3 is 14.8 Å². The molecule has 0 saturated heterocycles. The Kier molecular flexibility index (Phi) is 5.94. The van der Waals surface area contributed by atoms with Crippen LogP contribution in [0.2, 0.25) is 0 Å². The van der Waals surface area contributed by atoms with Gasteiger partial charge in [0.25, 0.3) is 5.91 Å². The van der Waals surface area contributed by atoms with Crippen molar-refractivity contribution in [2.75, 3.05) is 5.32 Å². The predicted octanol–water partition coefficient (Wildman–Crippen LogP) is 5.82. The van der Waals surface area contributed by atoms with Crippen molar-refractivity contribution < 1.29 is 19.1 Å². The van der Waals surface area contributed by atoms with Crippen LogP contribution in [-0.2, 0) is 9.53 Å². The summed E-state index contributed by atoms with van der Waals surface area (Å²) >= 11 is 0. The number of anilines is 1. The normalized spacial score (nSPS) is 11.5. The monoisotopic (exact) mass is 411 g/mol. The molecule has 1 N–H and O–H groups in total. The van der Waals surface area contributed by atoms with E-state index in [9.17, 15) is 9.59 Å². The molecular weight excluding hydrogens is 390 g/mol. The Bertz CT molecular complexity index is 1220. The second kappa shape index (κ2) is 9.13. The quantitative estimate of drug-likeness (QED) is 0.406. The SMILES string of the molecule is C[C@H](OC(=O)c1cccc(Oc2ccccc2)c1)C(=O)Nc1cccc2ccccc12. The summed E-state index contributed by atoms with van der Waals surface area (Å²) in [6.07, 6.45) is -0.967. The molecule has 0 aliphatic rings. The topological polar surface area (TPSA) is 64.6 Å². The average Bonchev–Trinajstić information content (AvgIpc) is 2.80. The summed E-state index contributed by atoms with van der Waals surface area (Å²) in [7, 11) is 0. The number of fused-ring (bicyclic) bond motifs is 1. The maximum Gasteiger partial charge on any atom is 0.339 e. The highest BCUT2D eigenvalue weighted by atomic mass is 16.5. The van der Waals surface area contributed by atoms with Crippen LogP contribution in [-0.4, -0.2) is 18.0 Å². The van der Waals surface area contributed by atoms with Gasteiger partial charge in [-0.05, 0) is 48.7 Å². The van der Waals surface area contributed by atoms with Crippen LogP contribution in [0.3, 0.4) is 0 Å². The molecule has 31 heavy (non-hydrogen) atoms. The Balaban J connectivity index is 1.42.